The molecule has 0 saturated heterocycles. The van der Waals surface area contributed by atoms with Crippen molar-refractivity contribution in [1.29, 1.82) is 0 Å². The fraction of sp³-hybridized carbons (Fsp3) is 0.172. The number of pyridine rings is 1. The summed E-state index contributed by atoms with van der Waals surface area (Å²) in [4.78, 5) is 9.78. The van der Waals surface area contributed by atoms with Crippen molar-refractivity contribution in [3.05, 3.63) is 121 Å². The van der Waals surface area contributed by atoms with Crippen molar-refractivity contribution in [2.45, 2.75) is 26.8 Å². The van der Waals surface area contributed by atoms with Gasteiger partial charge in [0.05, 0.1) is 17.4 Å². The summed E-state index contributed by atoms with van der Waals surface area (Å²) in [6.45, 7) is 6.58. The Balaban J connectivity index is 1.82. The molecule has 32 heavy (non-hydrogen) atoms. The number of rotatable bonds is 7. The SMILES string of the molecule is CC(C)C(=N[C@@H](C)c1ccccc1P(c1ccccc1)c1ccccc1)c1ccccn1. The van der Waals surface area contributed by atoms with Crippen LogP contribution in [0.4, 0.5) is 0 Å². The van der Waals surface area contributed by atoms with Crippen LogP contribution in [0, 0.1) is 5.92 Å². The van der Waals surface area contributed by atoms with E-state index in [9.17, 15) is 0 Å². The molecule has 4 rings (SSSR count). The minimum absolute atomic E-state index is 0.0306. The maximum atomic E-state index is 5.21. The molecule has 0 bridgehead atoms. The molecule has 0 spiro atoms. The molecule has 1 heterocycles. The third kappa shape index (κ3) is 5.03. The van der Waals surface area contributed by atoms with E-state index in [4.69, 9.17) is 4.99 Å². The molecule has 0 fully saturated rings. The Labute approximate surface area is 192 Å². The predicted octanol–water partition coefficient (Wildman–Crippen LogP) is 6.05. The van der Waals surface area contributed by atoms with Crippen LogP contribution in [0.2, 0.25) is 0 Å². The van der Waals surface area contributed by atoms with Gasteiger partial charge in [-0.1, -0.05) is 105 Å². The summed E-state index contributed by atoms with van der Waals surface area (Å²) in [5.41, 5.74) is 3.29. The van der Waals surface area contributed by atoms with Crippen LogP contribution in [0.1, 0.15) is 38.1 Å². The van der Waals surface area contributed by atoms with E-state index in [-0.39, 0.29) is 6.04 Å². The normalized spacial score (nSPS) is 12.8. The Morgan fingerprint density at radius 1 is 0.688 bits per heavy atom. The monoisotopic (exact) mass is 436 g/mol. The van der Waals surface area contributed by atoms with Crippen LogP contribution in [-0.4, -0.2) is 10.7 Å². The van der Waals surface area contributed by atoms with E-state index in [2.05, 4.69) is 117 Å². The number of aliphatic imine (C=N–C) groups is 1. The Kier molecular flexibility index (Phi) is 7.24. The minimum atomic E-state index is -0.679. The van der Waals surface area contributed by atoms with Gasteiger partial charge < -0.3 is 0 Å². The Morgan fingerprint density at radius 3 is 1.81 bits per heavy atom. The van der Waals surface area contributed by atoms with Crippen molar-refractivity contribution in [3.8, 4) is 0 Å². The van der Waals surface area contributed by atoms with Crippen LogP contribution in [-0.2, 0) is 0 Å². The van der Waals surface area contributed by atoms with E-state index in [0.29, 0.717) is 5.92 Å². The second-order valence-corrected chi connectivity index (χ2v) is 10.3. The fourth-order valence-electron chi connectivity index (χ4n) is 3.93. The summed E-state index contributed by atoms with van der Waals surface area (Å²) in [7, 11) is -0.679. The molecular formula is C29H29N2P. The van der Waals surface area contributed by atoms with Crippen LogP contribution < -0.4 is 15.9 Å². The molecule has 1 atom stereocenters. The number of benzene rings is 3. The molecule has 160 valence electrons. The molecule has 0 unspecified atom stereocenters. The zero-order valence-electron chi connectivity index (χ0n) is 18.9. The van der Waals surface area contributed by atoms with Gasteiger partial charge in [-0.05, 0) is 54.4 Å². The lowest BCUT2D eigenvalue weighted by atomic mass is 10.0. The van der Waals surface area contributed by atoms with Gasteiger partial charge in [-0.25, -0.2) is 0 Å². The summed E-state index contributed by atoms with van der Waals surface area (Å²) in [6, 6.07) is 36.6. The van der Waals surface area contributed by atoms with Crippen LogP contribution in [0.15, 0.2) is 114 Å². The lowest BCUT2D eigenvalue weighted by Crippen LogP contribution is -2.24. The largest absolute Gasteiger partial charge is 0.279 e. The highest BCUT2D eigenvalue weighted by Crippen LogP contribution is 2.36. The van der Waals surface area contributed by atoms with Crippen molar-refractivity contribution in [2.75, 3.05) is 0 Å². The Hall–Kier alpha value is -3.09. The smallest absolute Gasteiger partial charge is 0.0842 e. The number of hydrogen-bond acceptors (Lipinski definition) is 2. The highest BCUT2D eigenvalue weighted by atomic mass is 31.1. The minimum Gasteiger partial charge on any atom is -0.279 e. The third-order valence-corrected chi connectivity index (χ3v) is 7.98. The van der Waals surface area contributed by atoms with Crippen molar-refractivity contribution in [2.24, 2.45) is 10.9 Å². The number of aromatic nitrogens is 1. The van der Waals surface area contributed by atoms with Gasteiger partial charge in [-0.2, -0.15) is 0 Å². The summed E-state index contributed by atoms with van der Waals surface area (Å²) in [5, 5.41) is 4.07. The van der Waals surface area contributed by atoms with Crippen molar-refractivity contribution in [1.82, 2.24) is 4.98 Å². The lowest BCUT2D eigenvalue weighted by molar-refractivity contribution is 0.788. The molecule has 2 nitrogen and oxygen atoms in total. The van der Waals surface area contributed by atoms with Crippen LogP contribution >= 0.6 is 7.92 Å². The number of hydrogen-bond donors (Lipinski definition) is 0. The molecule has 0 N–H and O–H groups in total. The summed E-state index contributed by atoms with van der Waals surface area (Å²) in [6.07, 6.45) is 1.84. The zero-order chi connectivity index (χ0) is 22.3. The highest BCUT2D eigenvalue weighted by Gasteiger charge is 2.22. The Bertz CT molecular complexity index is 1120. The molecule has 0 aliphatic rings. The van der Waals surface area contributed by atoms with Gasteiger partial charge in [0.15, 0.2) is 0 Å². The first kappa shape index (κ1) is 22.1. The van der Waals surface area contributed by atoms with E-state index in [1.54, 1.807) is 0 Å². The molecule has 3 heteroatoms. The van der Waals surface area contributed by atoms with Crippen LogP contribution in [0.25, 0.3) is 0 Å². The van der Waals surface area contributed by atoms with Crippen LogP contribution in [0.3, 0.4) is 0 Å². The first-order chi connectivity index (χ1) is 15.6. The zero-order valence-corrected chi connectivity index (χ0v) is 19.8. The van der Waals surface area contributed by atoms with Gasteiger partial charge in [0.2, 0.25) is 0 Å². The van der Waals surface area contributed by atoms with Gasteiger partial charge in [-0.3, -0.25) is 9.98 Å². The van der Waals surface area contributed by atoms with E-state index in [1.807, 2.05) is 18.3 Å². The molecular weight excluding hydrogens is 407 g/mol. The molecule has 1 aromatic heterocycles. The van der Waals surface area contributed by atoms with E-state index >= 15 is 0 Å². The summed E-state index contributed by atoms with van der Waals surface area (Å²) < 4.78 is 0. The topological polar surface area (TPSA) is 25.2 Å². The molecule has 3 aromatic carbocycles. The second-order valence-electron chi connectivity index (χ2n) is 8.13. The van der Waals surface area contributed by atoms with Gasteiger partial charge >= 0.3 is 0 Å². The maximum Gasteiger partial charge on any atom is 0.0842 e. The van der Waals surface area contributed by atoms with E-state index in [0.717, 1.165) is 11.4 Å². The third-order valence-electron chi connectivity index (χ3n) is 5.46. The summed E-state index contributed by atoms with van der Waals surface area (Å²) in [5.74, 6) is 0.296. The lowest BCUT2D eigenvalue weighted by Gasteiger charge is -2.24. The molecule has 0 amide bonds. The maximum absolute atomic E-state index is 5.21. The van der Waals surface area contributed by atoms with Gasteiger partial charge in [-0.15, -0.1) is 0 Å². The van der Waals surface area contributed by atoms with Gasteiger partial charge in [0, 0.05) is 6.20 Å². The molecule has 0 radical (unpaired) electrons. The Morgan fingerprint density at radius 2 is 1.25 bits per heavy atom. The molecule has 0 aliphatic carbocycles. The van der Waals surface area contributed by atoms with Crippen molar-refractivity contribution in [3.63, 3.8) is 0 Å². The van der Waals surface area contributed by atoms with Crippen LogP contribution in [0.5, 0.6) is 0 Å². The van der Waals surface area contributed by atoms with E-state index in [1.165, 1.54) is 21.5 Å². The van der Waals surface area contributed by atoms with E-state index < -0.39 is 7.92 Å². The second kappa shape index (κ2) is 10.5. The van der Waals surface area contributed by atoms with Gasteiger partial charge in [0.25, 0.3) is 0 Å². The predicted molar refractivity (Wildman–Crippen MR) is 139 cm³/mol. The first-order valence-electron chi connectivity index (χ1n) is 11.1. The fourth-order valence-corrected chi connectivity index (χ4v) is 6.48. The quantitative estimate of drug-likeness (QED) is 0.256. The van der Waals surface area contributed by atoms with Crippen molar-refractivity contribution >= 4 is 29.5 Å². The standard InChI is InChI=1S/C29H29N2P/c1-22(2)29(27-19-12-13-21-30-27)31-23(3)26-18-10-11-20-28(26)32(24-14-6-4-7-15-24)25-16-8-5-9-17-25/h4-23H,1-3H3/t23-/m0/s1. The van der Waals surface area contributed by atoms with Gasteiger partial charge in [0.1, 0.15) is 0 Å². The summed E-state index contributed by atoms with van der Waals surface area (Å²) >= 11 is 0. The molecule has 4 aromatic rings. The number of nitrogens with zero attached hydrogens (tertiary/aromatic N) is 2. The highest BCUT2D eigenvalue weighted by molar-refractivity contribution is 7.79. The first-order valence-corrected chi connectivity index (χ1v) is 12.5. The van der Waals surface area contributed by atoms with Crippen molar-refractivity contribution < 1.29 is 0 Å². The molecule has 0 aliphatic heterocycles. The average Bonchev–Trinajstić information content (AvgIpc) is 2.84. The average molecular weight is 437 g/mol. The molecule has 0 saturated carbocycles.